The Balaban J connectivity index is 2.23. The van der Waals surface area contributed by atoms with Gasteiger partial charge in [-0.3, -0.25) is 0 Å². The Morgan fingerprint density at radius 1 is 1.24 bits per heavy atom. The van der Waals surface area contributed by atoms with E-state index < -0.39 is 15.7 Å². The van der Waals surface area contributed by atoms with Crippen LogP contribution >= 0.6 is 0 Å². The molecule has 6 nitrogen and oxygen atoms in total. The summed E-state index contributed by atoms with van der Waals surface area (Å²) in [6, 6.07) is 5.99. The van der Waals surface area contributed by atoms with Crippen LogP contribution in [0.25, 0.3) is 0 Å². The molecule has 21 heavy (non-hydrogen) atoms. The van der Waals surface area contributed by atoms with Crippen LogP contribution in [0, 0.1) is 5.82 Å². The molecule has 0 saturated heterocycles. The third-order valence-corrected chi connectivity index (χ3v) is 3.75. The van der Waals surface area contributed by atoms with Crippen LogP contribution in [0.2, 0.25) is 0 Å². The first kappa shape index (κ1) is 15.2. The molecular weight excluding hydrogens is 295 g/mol. The maximum absolute atomic E-state index is 13.7. The van der Waals surface area contributed by atoms with Crippen molar-refractivity contribution in [3.8, 4) is 0 Å². The number of aromatic nitrogens is 2. The highest BCUT2D eigenvalue weighted by Gasteiger charge is 2.09. The number of nitrogens with zero attached hydrogens (tertiary/aromatic N) is 2. The molecule has 0 amide bonds. The quantitative estimate of drug-likeness (QED) is 0.881. The summed E-state index contributed by atoms with van der Waals surface area (Å²) in [4.78, 5) is 8.00. The molecular formula is C13H15FN4O2S. The number of hydrogen-bond donors (Lipinski definition) is 2. The van der Waals surface area contributed by atoms with Crippen LogP contribution in [-0.4, -0.2) is 31.2 Å². The van der Waals surface area contributed by atoms with Gasteiger partial charge in [-0.1, -0.05) is 0 Å². The average Bonchev–Trinajstić information content (AvgIpc) is 2.42. The van der Waals surface area contributed by atoms with Gasteiger partial charge in [-0.2, -0.15) is 4.98 Å². The molecule has 0 spiro atoms. The second-order valence-electron chi connectivity index (χ2n) is 4.34. The highest BCUT2D eigenvalue weighted by molar-refractivity contribution is 7.90. The van der Waals surface area contributed by atoms with Crippen molar-refractivity contribution in [2.75, 3.05) is 23.4 Å². The Labute approximate surface area is 122 Å². The van der Waals surface area contributed by atoms with E-state index >= 15 is 0 Å². The minimum absolute atomic E-state index is 0.0213. The molecule has 0 aliphatic heterocycles. The Morgan fingerprint density at radius 2 is 1.90 bits per heavy atom. The van der Waals surface area contributed by atoms with Gasteiger partial charge in [0, 0.05) is 18.5 Å². The lowest BCUT2D eigenvalue weighted by Gasteiger charge is -2.09. The highest BCUT2D eigenvalue weighted by Crippen LogP contribution is 2.20. The first-order valence-electron chi connectivity index (χ1n) is 6.23. The molecule has 1 aromatic carbocycles. The molecule has 2 aromatic rings. The third kappa shape index (κ3) is 3.88. The second-order valence-corrected chi connectivity index (χ2v) is 6.36. The van der Waals surface area contributed by atoms with E-state index in [9.17, 15) is 12.8 Å². The van der Waals surface area contributed by atoms with Crippen molar-refractivity contribution >= 4 is 27.3 Å². The van der Waals surface area contributed by atoms with Crippen LogP contribution in [0.1, 0.15) is 6.92 Å². The van der Waals surface area contributed by atoms with Crippen molar-refractivity contribution < 1.29 is 12.8 Å². The number of rotatable bonds is 5. The van der Waals surface area contributed by atoms with Gasteiger partial charge in [0.25, 0.3) is 0 Å². The molecule has 112 valence electrons. The zero-order chi connectivity index (χ0) is 15.5. The SMILES string of the molecule is CCNc1ncc(F)c(Nc2ccc(S(C)(=O)=O)cc2)n1. The molecule has 0 aliphatic rings. The summed E-state index contributed by atoms with van der Waals surface area (Å²) in [6.45, 7) is 2.50. The predicted octanol–water partition coefficient (Wildman–Crippen LogP) is 2.19. The van der Waals surface area contributed by atoms with Crippen LogP contribution in [0.4, 0.5) is 21.8 Å². The largest absolute Gasteiger partial charge is 0.354 e. The van der Waals surface area contributed by atoms with Crippen LogP contribution in [0.3, 0.4) is 0 Å². The number of anilines is 3. The summed E-state index contributed by atoms with van der Waals surface area (Å²) in [5.41, 5.74) is 0.530. The Hall–Kier alpha value is -2.22. The van der Waals surface area contributed by atoms with E-state index in [1.807, 2.05) is 6.92 Å². The summed E-state index contributed by atoms with van der Waals surface area (Å²) in [5.74, 6) is -0.258. The monoisotopic (exact) mass is 310 g/mol. The van der Waals surface area contributed by atoms with E-state index in [1.54, 1.807) is 12.1 Å². The Kier molecular flexibility index (Phi) is 4.37. The summed E-state index contributed by atoms with van der Waals surface area (Å²) < 4.78 is 36.4. The van der Waals surface area contributed by atoms with E-state index in [2.05, 4.69) is 20.6 Å². The molecule has 0 saturated carbocycles. The second kappa shape index (κ2) is 6.04. The molecule has 8 heteroatoms. The van der Waals surface area contributed by atoms with Gasteiger partial charge in [0.1, 0.15) is 0 Å². The van der Waals surface area contributed by atoms with Gasteiger partial charge in [0.15, 0.2) is 21.5 Å². The summed E-state index contributed by atoms with van der Waals surface area (Å²) >= 11 is 0. The Bertz CT molecular complexity index is 732. The maximum atomic E-state index is 13.7. The molecule has 0 fully saturated rings. The van der Waals surface area contributed by atoms with Gasteiger partial charge in [0.2, 0.25) is 5.95 Å². The zero-order valence-corrected chi connectivity index (χ0v) is 12.4. The number of nitrogens with one attached hydrogen (secondary N) is 2. The molecule has 0 aliphatic carbocycles. The van der Waals surface area contributed by atoms with Gasteiger partial charge in [-0.15, -0.1) is 0 Å². The molecule has 0 unspecified atom stereocenters. The van der Waals surface area contributed by atoms with Crippen molar-refractivity contribution in [2.24, 2.45) is 0 Å². The lowest BCUT2D eigenvalue weighted by Crippen LogP contribution is -2.06. The van der Waals surface area contributed by atoms with Crippen LogP contribution in [0.5, 0.6) is 0 Å². The molecule has 2 N–H and O–H groups in total. The predicted molar refractivity (Wildman–Crippen MR) is 79.0 cm³/mol. The van der Waals surface area contributed by atoms with Crippen LogP contribution in [0.15, 0.2) is 35.4 Å². The van der Waals surface area contributed by atoms with Crippen molar-refractivity contribution in [1.29, 1.82) is 0 Å². The van der Waals surface area contributed by atoms with Gasteiger partial charge < -0.3 is 10.6 Å². The summed E-state index contributed by atoms with van der Waals surface area (Å²) in [7, 11) is -3.25. The van der Waals surface area contributed by atoms with Gasteiger partial charge in [0.05, 0.1) is 11.1 Å². The van der Waals surface area contributed by atoms with Crippen molar-refractivity contribution in [1.82, 2.24) is 9.97 Å². The van der Waals surface area contributed by atoms with Crippen LogP contribution < -0.4 is 10.6 Å². The van der Waals surface area contributed by atoms with Gasteiger partial charge >= 0.3 is 0 Å². The van der Waals surface area contributed by atoms with E-state index in [0.717, 1.165) is 12.5 Å². The van der Waals surface area contributed by atoms with Gasteiger partial charge in [-0.25, -0.2) is 17.8 Å². The molecule has 1 heterocycles. The van der Waals surface area contributed by atoms with Crippen molar-refractivity contribution in [3.63, 3.8) is 0 Å². The third-order valence-electron chi connectivity index (χ3n) is 2.62. The summed E-state index contributed by atoms with van der Waals surface area (Å²) in [6.07, 6.45) is 2.19. The van der Waals surface area contributed by atoms with E-state index in [-0.39, 0.29) is 10.7 Å². The number of hydrogen-bond acceptors (Lipinski definition) is 6. The normalized spacial score (nSPS) is 11.2. The van der Waals surface area contributed by atoms with Crippen molar-refractivity contribution in [3.05, 3.63) is 36.3 Å². The van der Waals surface area contributed by atoms with E-state index in [0.29, 0.717) is 18.2 Å². The van der Waals surface area contributed by atoms with E-state index in [4.69, 9.17) is 0 Å². The fraction of sp³-hybridized carbons (Fsp3) is 0.231. The minimum Gasteiger partial charge on any atom is -0.354 e. The molecule has 0 atom stereocenters. The number of benzene rings is 1. The smallest absolute Gasteiger partial charge is 0.224 e. The molecule has 0 radical (unpaired) electrons. The number of sulfone groups is 1. The zero-order valence-electron chi connectivity index (χ0n) is 11.6. The lowest BCUT2D eigenvalue weighted by molar-refractivity contribution is 0.602. The summed E-state index contributed by atoms with van der Waals surface area (Å²) in [5, 5.41) is 5.67. The fourth-order valence-corrected chi connectivity index (χ4v) is 2.25. The highest BCUT2D eigenvalue weighted by atomic mass is 32.2. The van der Waals surface area contributed by atoms with Crippen LogP contribution in [-0.2, 0) is 9.84 Å². The van der Waals surface area contributed by atoms with Crippen molar-refractivity contribution in [2.45, 2.75) is 11.8 Å². The standard InChI is InChI=1S/C13H15FN4O2S/c1-3-15-13-16-8-11(14)12(18-13)17-9-4-6-10(7-5-9)21(2,19)20/h4-8H,3H2,1-2H3,(H2,15,16,17,18). The lowest BCUT2D eigenvalue weighted by atomic mass is 10.3. The maximum Gasteiger partial charge on any atom is 0.224 e. The Morgan fingerprint density at radius 3 is 2.48 bits per heavy atom. The first-order valence-corrected chi connectivity index (χ1v) is 8.13. The first-order chi connectivity index (χ1) is 9.90. The number of halogens is 1. The average molecular weight is 310 g/mol. The fourth-order valence-electron chi connectivity index (χ4n) is 1.62. The molecule has 0 bridgehead atoms. The molecule has 1 aromatic heterocycles. The minimum atomic E-state index is -3.25. The van der Waals surface area contributed by atoms with E-state index in [1.165, 1.54) is 12.1 Å². The topological polar surface area (TPSA) is 84.0 Å². The van der Waals surface area contributed by atoms with Gasteiger partial charge in [-0.05, 0) is 31.2 Å². The molecule has 2 rings (SSSR count).